The topological polar surface area (TPSA) is 95.9 Å². The number of aromatic nitrogens is 4. The number of tetrazole rings is 1. The minimum absolute atomic E-state index is 0.0424. The van der Waals surface area contributed by atoms with E-state index in [1.54, 1.807) is 7.11 Å². The zero-order chi connectivity index (χ0) is 12.3. The molecule has 1 amide bonds. The molecule has 2 N–H and O–H groups in total. The molecular formula is C10H11N5O2. The first kappa shape index (κ1) is 11.1. The van der Waals surface area contributed by atoms with Gasteiger partial charge >= 0.3 is 0 Å². The summed E-state index contributed by atoms with van der Waals surface area (Å²) < 4.78 is 6.40. The maximum Gasteiger partial charge on any atom is 0.288 e. The highest BCUT2D eigenvalue weighted by Gasteiger charge is 2.11. The molecule has 0 radical (unpaired) electrons. The smallest absolute Gasteiger partial charge is 0.288 e. The van der Waals surface area contributed by atoms with Gasteiger partial charge in [0, 0.05) is 0 Å². The molecule has 88 valence electrons. The lowest BCUT2D eigenvalue weighted by molar-refractivity contribution is 0.0985. The highest BCUT2D eigenvalue weighted by atomic mass is 16.5. The number of benzene rings is 1. The molecule has 0 atom stereocenters. The summed E-state index contributed by atoms with van der Waals surface area (Å²) in [6.07, 6.45) is 0. The number of carbonyl (C=O) groups excluding carboxylic acids is 1. The van der Waals surface area contributed by atoms with E-state index in [2.05, 4.69) is 15.5 Å². The Bertz CT molecular complexity index is 520. The van der Waals surface area contributed by atoms with Crippen LogP contribution in [0, 0.1) is 0 Å². The highest BCUT2D eigenvalue weighted by molar-refractivity contribution is 5.88. The van der Waals surface area contributed by atoms with Gasteiger partial charge in [0.1, 0.15) is 5.75 Å². The van der Waals surface area contributed by atoms with Gasteiger partial charge in [0.25, 0.3) is 5.91 Å². The largest absolute Gasteiger partial charge is 0.497 e. The van der Waals surface area contributed by atoms with Crippen LogP contribution >= 0.6 is 0 Å². The highest BCUT2D eigenvalue weighted by Crippen LogP contribution is 2.12. The molecule has 0 saturated heterocycles. The van der Waals surface area contributed by atoms with Crippen LogP contribution in [-0.2, 0) is 6.54 Å². The third-order valence-corrected chi connectivity index (χ3v) is 2.24. The van der Waals surface area contributed by atoms with Gasteiger partial charge in [-0.15, -0.1) is 5.10 Å². The van der Waals surface area contributed by atoms with Crippen LogP contribution in [0.4, 0.5) is 0 Å². The van der Waals surface area contributed by atoms with E-state index >= 15 is 0 Å². The third kappa shape index (κ3) is 2.39. The molecule has 17 heavy (non-hydrogen) atoms. The number of methoxy groups -OCH3 is 1. The maximum atomic E-state index is 11.0. The molecular weight excluding hydrogens is 222 g/mol. The second-order valence-corrected chi connectivity index (χ2v) is 3.37. The van der Waals surface area contributed by atoms with E-state index < -0.39 is 5.91 Å². The Labute approximate surface area is 97.2 Å². The van der Waals surface area contributed by atoms with Crippen molar-refractivity contribution in [3.05, 3.63) is 35.7 Å². The van der Waals surface area contributed by atoms with Gasteiger partial charge in [-0.1, -0.05) is 12.1 Å². The number of rotatable bonds is 4. The Morgan fingerprint density at radius 2 is 2.12 bits per heavy atom. The summed E-state index contributed by atoms with van der Waals surface area (Å²) in [6.45, 7) is 0.384. The van der Waals surface area contributed by atoms with Crippen molar-refractivity contribution in [2.45, 2.75) is 6.54 Å². The van der Waals surface area contributed by atoms with Crippen molar-refractivity contribution in [1.29, 1.82) is 0 Å². The van der Waals surface area contributed by atoms with Crippen LogP contribution in [0.25, 0.3) is 0 Å². The summed E-state index contributed by atoms with van der Waals surface area (Å²) in [5, 5.41) is 10.7. The Morgan fingerprint density at radius 1 is 1.41 bits per heavy atom. The maximum absolute atomic E-state index is 11.0. The van der Waals surface area contributed by atoms with Crippen LogP contribution in [0.3, 0.4) is 0 Å². The van der Waals surface area contributed by atoms with Crippen LogP contribution in [0.1, 0.15) is 16.2 Å². The molecule has 2 aromatic rings. The van der Waals surface area contributed by atoms with Crippen molar-refractivity contribution in [2.24, 2.45) is 5.73 Å². The molecule has 0 unspecified atom stereocenters. The molecule has 7 nitrogen and oxygen atoms in total. The molecule has 1 aromatic heterocycles. The number of hydrogen-bond acceptors (Lipinski definition) is 5. The van der Waals surface area contributed by atoms with Gasteiger partial charge in [-0.05, 0) is 28.1 Å². The SMILES string of the molecule is COc1ccc(Cn2nnnc2C(N)=O)cc1. The van der Waals surface area contributed by atoms with E-state index in [4.69, 9.17) is 10.5 Å². The Balaban J connectivity index is 2.19. The number of nitrogens with two attached hydrogens (primary N) is 1. The summed E-state index contributed by atoms with van der Waals surface area (Å²) in [7, 11) is 1.60. The summed E-state index contributed by atoms with van der Waals surface area (Å²) >= 11 is 0. The fourth-order valence-electron chi connectivity index (χ4n) is 1.39. The molecule has 0 aliphatic carbocycles. The number of hydrogen-bond donors (Lipinski definition) is 1. The standard InChI is InChI=1S/C10H11N5O2/c1-17-8-4-2-7(3-5-8)6-15-10(9(11)16)12-13-14-15/h2-5H,6H2,1H3,(H2,11,16). The van der Waals surface area contributed by atoms with Crippen LogP contribution in [0.15, 0.2) is 24.3 Å². The second-order valence-electron chi connectivity index (χ2n) is 3.37. The zero-order valence-corrected chi connectivity index (χ0v) is 9.20. The average molecular weight is 233 g/mol. The number of amides is 1. The third-order valence-electron chi connectivity index (χ3n) is 2.24. The summed E-state index contributed by atoms with van der Waals surface area (Å²) in [4.78, 5) is 11.0. The van der Waals surface area contributed by atoms with E-state index in [0.29, 0.717) is 6.54 Å². The average Bonchev–Trinajstić information content (AvgIpc) is 2.78. The molecule has 0 spiro atoms. The molecule has 2 rings (SSSR count). The lowest BCUT2D eigenvalue weighted by Gasteiger charge is -2.04. The predicted molar refractivity (Wildman–Crippen MR) is 58.4 cm³/mol. The van der Waals surface area contributed by atoms with E-state index in [1.807, 2.05) is 24.3 Å². The molecule has 1 heterocycles. The molecule has 7 heteroatoms. The Hall–Kier alpha value is -2.44. The molecule has 1 aromatic carbocycles. The number of nitrogens with zero attached hydrogens (tertiary/aromatic N) is 4. The second kappa shape index (κ2) is 4.60. The quantitative estimate of drug-likeness (QED) is 0.790. The van der Waals surface area contributed by atoms with Crippen LogP contribution in [0.2, 0.25) is 0 Å². The van der Waals surface area contributed by atoms with Gasteiger partial charge in [0.2, 0.25) is 5.82 Å². The van der Waals surface area contributed by atoms with Crippen molar-refractivity contribution < 1.29 is 9.53 Å². The van der Waals surface area contributed by atoms with Gasteiger partial charge < -0.3 is 10.5 Å². The van der Waals surface area contributed by atoms with E-state index in [1.165, 1.54) is 4.68 Å². The molecule has 0 bridgehead atoms. The minimum atomic E-state index is -0.650. The van der Waals surface area contributed by atoms with Crippen LogP contribution < -0.4 is 10.5 Å². The van der Waals surface area contributed by atoms with E-state index in [0.717, 1.165) is 11.3 Å². The van der Waals surface area contributed by atoms with Gasteiger partial charge in [0.15, 0.2) is 0 Å². The fourth-order valence-corrected chi connectivity index (χ4v) is 1.39. The van der Waals surface area contributed by atoms with Gasteiger partial charge in [-0.25, -0.2) is 4.68 Å². The first-order valence-corrected chi connectivity index (χ1v) is 4.89. The molecule has 0 aliphatic rings. The van der Waals surface area contributed by atoms with Crippen molar-refractivity contribution in [3.8, 4) is 5.75 Å². The fraction of sp³-hybridized carbons (Fsp3) is 0.200. The Kier molecular flexibility index (Phi) is 2.99. The lowest BCUT2D eigenvalue weighted by atomic mass is 10.2. The van der Waals surface area contributed by atoms with Gasteiger partial charge in [-0.2, -0.15) is 0 Å². The predicted octanol–water partition coefficient (Wildman–Crippen LogP) is -0.171. The van der Waals surface area contributed by atoms with Gasteiger partial charge in [0.05, 0.1) is 13.7 Å². The number of primary amides is 1. The van der Waals surface area contributed by atoms with Crippen LogP contribution in [0.5, 0.6) is 5.75 Å². The number of ether oxygens (including phenoxy) is 1. The molecule has 0 aliphatic heterocycles. The number of carbonyl (C=O) groups is 1. The van der Waals surface area contributed by atoms with E-state index in [9.17, 15) is 4.79 Å². The van der Waals surface area contributed by atoms with Crippen molar-refractivity contribution in [2.75, 3.05) is 7.11 Å². The van der Waals surface area contributed by atoms with Crippen LogP contribution in [-0.4, -0.2) is 33.2 Å². The summed E-state index contributed by atoms with van der Waals surface area (Å²) in [6, 6.07) is 7.38. The molecule has 0 fully saturated rings. The summed E-state index contributed by atoms with van der Waals surface area (Å²) in [5.41, 5.74) is 6.08. The molecule has 0 saturated carbocycles. The zero-order valence-electron chi connectivity index (χ0n) is 9.20. The Morgan fingerprint density at radius 3 is 2.71 bits per heavy atom. The minimum Gasteiger partial charge on any atom is -0.497 e. The van der Waals surface area contributed by atoms with Crippen molar-refractivity contribution >= 4 is 5.91 Å². The van der Waals surface area contributed by atoms with Gasteiger partial charge in [-0.3, -0.25) is 4.79 Å². The first-order valence-electron chi connectivity index (χ1n) is 4.89. The van der Waals surface area contributed by atoms with Crippen molar-refractivity contribution in [1.82, 2.24) is 20.2 Å². The van der Waals surface area contributed by atoms with Crippen molar-refractivity contribution in [3.63, 3.8) is 0 Å². The normalized spacial score (nSPS) is 10.2. The summed E-state index contributed by atoms with van der Waals surface area (Å²) in [5.74, 6) is 0.157. The lowest BCUT2D eigenvalue weighted by Crippen LogP contribution is -2.19. The monoisotopic (exact) mass is 233 g/mol. The van der Waals surface area contributed by atoms with E-state index in [-0.39, 0.29) is 5.82 Å². The first-order chi connectivity index (χ1) is 8.20.